The van der Waals surface area contributed by atoms with E-state index in [0.717, 1.165) is 19.5 Å². The molecule has 0 saturated carbocycles. The molecule has 1 aromatic rings. The van der Waals surface area contributed by atoms with Gasteiger partial charge in [-0.1, -0.05) is 6.92 Å². The van der Waals surface area contributed by atoms with Gasteiger partial charge in [-0.25, -0.2) is 4.98 Å². The molecule has 0 aromatic carbocycles. The average molecular weight is 211 g/mol. The lowest BCUT2D eigenvalue weighted by atomic mass is 10.3. The number of aryl methyl sites for hydroxylation is 1. The van der Waals surface area contributed by atoms with Crippen LogP contribution in [0.1, 0.15) is 26.0 Å². The largest absolute Gasteiger partial charge is 0.395 e. The standard InChI is InChI=1S/C11H21N3O/c1-4-5-14-9-12-6-11(14)7-13(3)10(2)8-15/h6,9-10,15H,4-5,7-8H2,1-3H3. The van der Waals surface area contributed by atoms with Gasteiger partial charge in [0, 0.05) is 25.3 Å². The third-order valence-corrected chi connectivity index (χ3v) is 2.69. The molecule has 0 fully saturated rings. The molecular weight excluding hydrogens is 190 g/mol. The number of rotatable bonds is 6. The summed E-state index contributed by atoms with van der Waals surface area (Å²) in [6, 6.07) is 0.190. The van der Waals surface area contributed by atoms with Crippen LogP contribution < -0.4 is 0 Å². The van der Waals surface area contributed by atoms with Crippen LogP contribution in [0.3, 0.4) is 0 Å². The predicted octanol–water partition coefficient (Wildman–Crippen LogP) is 1.11. The molecule has 0 saturated heterocycles. The third-order valence-electron chi connectivity index (χ3n) is 2.69. The second kappa shape index (κ2) is 5.88. The maximum absolute atomic E-state index is 9.04. The first-order valence-corrected chi connectivity index (χ1v) is 5.49. The van der Waals surface area contributed by atoms with Crippen molar-refractivity contribution in [1.29, 1.82) is 0 Å². The molecule has 1 heterocycles. The zero-order valence-electron chi connectivity index (χ0n) is 9.85. The van der Waals surface area contributed by atoms with Crippen LogP contribution in [-0.2, 0) is 13.1 Å². The van der Waals surface area contributed by atoms with Crippen LogP contribution in [0.2, 0.25) is 0 Å². The van der Waals surface area contributed by atoms with E-state index in [4.69, 9.17) is 5.11 Å². The number of hydrogen-bond acceptors (Lipinski definition) is 3. The molecule has 0 spiro atoms. The van der Waals surface area contributed by atoms with E-state index in [0.29, 0.717) is 0 Å². The molecule has 0 aliphatic rings. The predicted molar refractivity (Wildman–Crippen MR) is 60.5 cm³/mol. The first-order valence-electron chi connectivity index (χ1n) is 5.49. The minimum atomic E-state index is 0.190. The van der Waals surface area contributed by atoms with Crippen LogP contribution in [0.4, 0.5) is 0 Å². The Morgan fingerprint density at radius 1 is 1.60 bits per heavy atom. The van der Waals surface area contributed by atoms with Gasteiger partial charge in [0.25, 0.3) is 0 Å². The van der Waals surface area contributed by atoms with Gasteiger partial charge in [0.05, 0.1) is 18.6 Å². The Kier molecular flexibility index (Phi) is 4.78. The first-order chi connectivity index (χ1) is 7.19. The van der Waals surface area contributed by atoms with Gasteiger partial charge in [0.15, 0.2) is 0 Å². The summed E-state index contributed by atoms with van der Waals surface area (Å²) >= 11 is 0. The number of hydrogen-bond donors (Lipinski definition) is 1. The van der Waals surface area contributed by atoms with Crippen molar-refractivity contribution in [3.8, 4) is 0 Å². The molecule has 1 N–H and O–H groups in total. The van der Waals surface area contributed by atoms with Gasteiger partial charge in [-0.15, -0.1) is 0 Å². The van der Waals surface area contributed by atoms with Crippen LogP contribution in [-0.4, -0.2) is 39.3 Å². The van der Waals surface area contributed by atoms with E-state index in [2.05, 4.69) is 21.4 Å². The molecule has 15 heavy (non-hydrogen) atoms. The Morgan fingerprint density at radius 3 is 2.93 bits per heavy atom. The number of aromatic nitrogens is 2. The number of imidazole rings is 1. The van der Waals surface area contributed by atoms with Crippen LogP contribution in [0.25, 0.3) is 0 Å². The minimum absolute atomic E-state index is 0.190. The quantitative estimate of drug-likeness (QED) is 0.766. The fourth-order valence-electron chi connectivity index (χ4n) is 1.47. The lowest BCUT2D eigenvalue weighted by Gasteiger charge is -2.23. The highest BCUT2D eigenvalue weighted by atomic mass is 16.3. The molecule has 0 aliphatic carbocycles. The van der Waals surface area contributed by atoms with E-state index in [9.17, 15) is 0 Å². The normalized spacial score (nSPS) is 13.4. The zero-order chi connectivity index (χ0) is 11.3. The lowest BCUT2D eigenvalue weighted by Crippen LogP contribution is -2.32. The number of aliphatic hydroxyl groups is 1. The molecule has 0 bridgehead atoms. The molecule has 1 rings (SSSR count). The Hall–Kier alpha value is -0.870. The molecule has 1 atom stereocenters. The molecule has 0 aliphatic heterocycles. The summed E-state index contributed by atoms with van der Waals surface area (Å²) < 4.78 is 2.17. The maximum atomic E-state index is 9.04. The van der Waals surface area contributed by atoms with Crippen molar-refractivity contribution in [2.75, 3.05) is 13.7 Å². The summed E-state index contributed by atoms with van der Waals surface area (Å²) in [6.45, 7) is 6.21. The van der Waals surface area contributed by atoms with E-state index in [1.807, 2.05) is 26.5 Å². The highest BCUT2D eigenvalue weighted by molar-refractivity contribution is 4.98. The van der Waals surface area contributed by atoms with Crippen molar-refractivity contribution in [2.45, 2.75) is 39.4 Å². The van der Waals surface area contributed by atoms with Crippen LogP contribution in [0.15, 0.2) is 12.5 Å². The highest BCUT2D eigenvalue weighted by Gasteiger charge is 2.10. The fraction of sp³-hybridized carbons (Fsp3) is 0.727. The van der Waals surface area contributed by atoms with Crippen LogP contribution in [0, 0.1) is 0 Å². The summed E-state index contributed by atoms with van der Waals surface area (Å²) in [6.07, 6.45) is 4.88. The van der Waals surface area contributed by atoms with Gasteiger partial charge < -0.3 is 9.67 Å². The number of nitrogens with zero attached hydrogens (tertiary/aromatic N) is 3. The van der Waals surface area contributed by atoms with Crippen molar-refractivity contribution < 1.29 is 5.11 Å². The van der Waals surface area contributed by atoms with Crippen molar-refractivity contribution in [3.63, 3.8) is 0 Å². The zero-order valence-corrected chi connectivity index (χ0v) is 9.85. The molecule has 1 aromatic heterocycles. The molecular formula is C11H21N3O. The maximum Gasteiger partial charge on any atom is 0.0948 e. The van der Waals surface area contributed by atoms with E-state index in [-0.39, 0.29) is 12.6 Å². The Bertz CT molecular complexity index is 285. The fourth-order valence-corrected chi connectivity index (χ4v) is 1.47. The second-order valence-corrected chi connectivity index (χ2v) is 4.03. The molecule has 1 unspecified atom stereocenters. The topological polar surface area (TPSA) is 41.3 Å². The highest BCUT2D eigenvalue weighted by Crippen LogP contribution is 2.06. The average Bonchev–Trinajstić information content (AvgIpc) is 2.65. The molecule has 0 radical (unpaired) electrons. The summed E-state index contributed by atoms with van der Waals surface area (Å²) in [4.78, 5) is 6.28. The third kappa shape index (κ3) is 3.32. The summed E-state index contributed by atoms with van der Waals surface area (Å²) in [7, 11) is 2.02. The van der Waals surface area contributed by atoms with E-state index < -0.39 is 0 Å². The van der Waals surface area contributed by atoms with Gasteiger partial charge in [0.1, 0.15) is 0 Å². The van der Waals surface area contributed by atoms with Crippen molar-refractivity contribution in [1.82, 2.24) is 14.5 Å². The Labute approximate surface area is 91.5 Å². The van der Waals surface area contributed by atoms with E-state index >= 15 is 0 Å². The SMILES string of the molecule is CCCn1cncc1CN(C)C(C)CO. The summed E-state index contributed by atoms with van der Waals surface area (Å²) in [5.74, 6) is 0. The van der Waals surface area contributed by atoms with Crippen molar-refractivity contribution in [2.24, 2.45) is 0 Å². The van der Waals surface area contributed by atoms with Gasteiger partial charge >= 0.3 is 0 Å². The van der Waals surface area contributed by atoms with Crippen LogP contribution >= 0.6 is 0 Å². The summed E-state index contributed by atoms with van der Waals surface area (Å²) in [5.41, 5.74) is 1.21. The Morgan fingerprint density at radius 2 is 2.33 bits per heavy atom. The number of likely N-dealkylation sites (N-methyl/N-ethyl adjacent to an activating group) is 1. The van der Waals surface area contributed by atoms with Crippen molar-refractivity contribution in [3.05, 3.63) is 18.2 Å². The van der Waals surface area contributed by atoms with Crippen LogP contribution in [0.5, 0.6) is 0 Å². The molecule has 4 nitrogen and oxygen atoms in total. The number of aliphatic hydroxyl groups excluding tert-OH is 1. The van der Waals surface area contributed by atoms with Gasteiger partial charge in [-0.3, -0.25) is 4.90 Å². The van der Waals surface area contributed by atoms with Gasteiger partial charge in [0.2, 0.25) is 0 Å². The lowest BCUT2D eigenvalue weighted by molar-refractivity contribution is 0.151. The Balaban J connectivity index is 2.59. The summed E-state index contributed by atoms with van der Waals surface area (Å²) in [5, 5.41) is 9.04. The first kappa shape index (κ1) is 12.2. The van der Waals surface area contributed by atoms with Crippen molar-refractivity contribution >= 4 is 0 Å². The minimum Gasteiger partial charge on any atom is -0.395 e. The van der Waals surface area contributed by atoms with E-state index in [1.165, 1.54) is 5.69 Å². The van der Waals surface area contributed by atoms with Gasteiger partial charge in [-0.05, 0) is 20.4 Å². The molecule has 0 amide bonds. The monoisotopic (exact) mass is 211 g/mol. The smallest absolute Gasteiger partial charge is 0.0948 e. The molecule has 4 heteroatoms. The second-order valence-electron chi connectivity index (χ2n) is 4.03. The van der Waals surface area contributed by atoms with E-state index in [1.54, 1.807) is 0 Å². The van der Waals surface area contributed by atoms with Gasteiger partial charge in [-0.2, -0.15) is 0 Å². The molecule has 86 valence electrons.